The number of nitrogens with one attached hydrogen (secondary N) is 1. The molecule has 2 aromatic carbocycles. The molecule has 0 spiro atoms. The van der Waals surface area contributed by atoms with Crippen LogP contribution in [0.5, 0.6) is 11.5 Å². The van der Waals surface area contributed by atoms with Gasteiger partial charge in [-0.2, -0.15) is 0 Å². The Hall–Kier alpha value is -2.36. The minimum absolute atomic E-state index is 0.0935. The van der Waals surface area contributed by atoms with Crippen LogP contribution in [0, 0.1) is 0 Å². The fourth-order valence-electron chi connectivity index (χ4n) is 3.83. The lowest BCUT2D eigenvalue weighted by atomic mass is 9.90. The Balaban J connectivity index is 1.71. The maximum Gasteiger partial charge on any atom is 0.308 e. The summed E-state index contributed by atoms with van der Waals surface area (Å²) in [5.41, 5.74) is 0.964. The van der Waals surface area contributed by atoms with Gasteiger partial charge in [-0.3, -0.25) is 9.36 Å². The number of benzene rings is 2. The van der Waals surface area contributed by atoms with E-state index in [9.17, 15) is 13.2 Å². The summed E-state index contributed by atoms with van der Waals surface area (Å²) in [6, 6.07) is 9.74. The van der Waals surface area contributed by atoms with Crippen LogP contribution in [0.1, 0.15) is 38.8 Å². The number of ether oxygens (including phenoxy) is 2. The van der Waals surface area contributed by atoms with Crippen molar-refractivity contribution >= 4 is 31.6 Å². The molecule has 1 N–H and O–H groups in total. The Labute approximate surface area is 179 Å². The molecular weight excluding hydrogens is 424 g/mol. The summed E-state index contributed by atoms with van der Waals surface area (Å²) in [5.74, 6) is 1.25. The third kappa shape index (κ3) is 3.73. The van der Waals surface area contributed by atoms with E-state index in [0.29, 0.717) is 29.2 Å². The number of aryl methyl sites for hydroxylation is 1. The lowest BCUT2D eigenvalue weighted by molar-refractivity contribution is 0.0699. The molecule has 9 heteroatoms. The topological polar surface area (TPSA) is 86.6 Å². The maximum absolute atomic E-state index is 13.2. The van der Waals surface area contributed by atoms with Crippen molar-refractivity contribution in [1.82, 2.24) is 9.29 Å². The summed E-state index contributed by atoms with van der Waals surface area (Å²) in [4.78, 5) is 12.1. The van der Waals surface area contributed by atoms with Crippen molar-refractivity contribution in [2.45, 2.75) is 50.3 Å². The molecule has 0 fully saturated rings. The molecule has 0 unspecified atom stereocenters. The Morgan fingerprint density at radius 3 is 2.73 bits per heavy atom. The van der Waals surface area contributed by atoms with Gasteiger partial charge in [0.2, 0.25) is 10.0 Å². The van der Waals surface area contributed by atoms with Crippen molar-refractivity contribution in [2.75, 3.05) is 7.11 Å². The number of hydrogen-bond donors (Lipinski definition) is 1. The highest BCUT2D eigenvalue weighted by atomic mass is 32.2. The van der Waals surface area contributed by atoms with Crippen LogP contribution in [0.2, 0.25) is 0 Å². The first-order valence-corrected chi connectivity index (χ1v) is 12.0. The second-order valence-electron chi connectivity index (χ2n) is 7.89. The number of rotatable bonds is 5. The standard InChI is InChI=1S/C21H24N2O5S2/c1-5-23-17-9-7-14(11-19(17)29-20(23)24)30(25,26)22-16-12-21(2,3)28-18-10-13(27-4)6-8-15(16)18/h6-11,16,22H,5,12H2,1-4H3/t16-/m1/s1. The first-order valence-electron chi connectivity index (χ1n) is 9.66. The first kappa shape index (κ1) is 20.9. The van der Waals surface area contributed by atoms with Gasteiger partial charge in [-0.25, -0.2) is 13.1 Å². The molecule has 0 radical (unpaired) electrons. The molecule has 3 aromatic rings. The summed E-state index contributed by atoms with van der Waals surface area (Å²) < 4.78 is 42.8. The fourth-order valence-corrected chi connectivity index (χ4v) is 6.14. The van der Waals surface area contributed by atoms with Crippen molar-refractivity contribution in [3.8, 4) is 11.5 Å². The number of thiazole rings is 1. The minimum atomic E-state index is -3.81. The van der Waals surface area contributed by atoms with Gasteiger partial charge in [-0.1, -0.05) is 17.4 Å². The Kier molecular flexibility index (Phi) is 5.16. The van der Waals surface area contributed by atoms with Gasteiger partial charge >= 0.3 is 4.87 Å². The molecule has 2 heterocycles. The summed E-state index contributed by atoms with van der Waals surface area (Å²) in [7, 11) is -2.24. The van der Waals surface area contributed by atoms with Crippen LogP contribution in [0.4, 0.5) is 0 Å². The van der Waals surface area contributed by atoms with Crippen molar-refractivity contribution < 1.29 is 17.9 Å². The quantitative estimate of drug-likeness (QED) is 0.644. The van der Waals surface area contributed by atoms with Crippen molar-refractivity contribution in [1.29, 1.82) is 0 Å². The Morgan fingerprint density at radius 2 is 2.03 bits per heavy atom. The predicted molar refractivity (Wildman–Crippen MR) is 117 cm³/mol. The molecule has 0 saturated heterocycles. The van der Waals surface area contributed by atoms with Gasteiger partial charge in [-0.15, -0.1) is 0 Å². The van der Waals surface area contributed by atoms with Gasteiger partial charge in [0.15, 0.2) is 0 Å². The van der Waals surface area contributed by atoms with E-state index in [2.05, 4.69) is 4.72 Å². The van der Waals surface area contributed by atoms with E-state index in [0.717, 1.165) is 22.4 Å². The second-order valence-corrected chi connectivity index (χ2v) is 10.6. The summed E-state index contributed by atoms with van der Waals surface area (Å²) in [6.45, 7) is 6.28. The summed E-state index contributed by atoms with van der Waals surface area (Å²) in [6.07, 6.45) is 0.480. The third-order valence-corrected chi connectivity index (χ3v) is 7.65. The van der Waals surface area contributed by atoms with Crippen LogP contribution in [0.3, 0.4) is 0 Å². The molecule has 0 amide bonds. The molecule has 7 nitrogen and oxygen atoms in total. The molecule has 30 heavy (non-hydrogen) atoms. The average Bonchev–Trinajstić information content (AvgIpc) is 3.00. The normalized spacial score (nSPS) is 18.1. The minimum Gasteiger partial charge on any atom is -0.497 e. The molecule has 0 saturated carbocycles. The smallest absolute Gasteiger partial charge is 0.308 e. The van der Waals surface area contributed by atoms with Crippen molar-refractivity contribution in [3.63, 3.8) is 0 Å². The van der Waals surface area contributed by atoms with Gasteiger partial charge in [0.05, 0.1) is 28.3 Å². The lowest BCUT2D eigenvalue weighted by Gasteiger charge is -2.37. The van der Waals surface area contributed by atoms with E-state index < -0.39 is 21.7 Å². The molecule has 1 atom stereocenters. The number of fused-ring (bicyclic) bond motifs is 2. The summed E-state index contributed by atoms with van der Waals surface area (Å²) >= 11 is 1.05. The van der Waals surface area contributed by atoms with Gasteiger partial charge in [0.25, 0.3) is 0 Å². The highest BCUT2D eigenvalue weighted by Crippen LogP contribution is 2.41. The molecule has 1 aliphatic heterocycles. The molecule has 0 bridgehead atoms. The lowest BCUT2D eigenvalue weighted by Crippen LogP contribution is -2.41. The second kappa shape index (κ2) is 7.40. The zero-order valence-corrected chi connectivity index (χ0v) is 18.9. The van der Waals surface area contributed by atoms with Crippen LogP contribution in [-0.4, -0.2) is 25.7 Å². The van der Waals surface area contributed by atoms with Crippen molar-refractivity contribution in [3.05, 3.63) is 51.6 Å². The highest BCUT2D eigenvalue weighted by molar-refractivity contribution is 7.89. The maximum atomic E-state index is 13.2. The van der Waals surface area contributed by atoms with Crippen LogP contribution >= 0.6 is 11.3 Å². The monoisotopic (exact) mass is 448 g/mol. The molecule has 1 aliphatic rings. The molecule has 1 aromatic heterocycles. The number of nitrogens with zero attached hydrogens (tertiary/aromatic N) is 1. The predicted octanol–water partition coefficient (Wildman–Crippen LogP) is 3.67. The summed E-state index contributed by atoms with van der Waals surface area (Å²) in [5, 5.41) is 0. The van der Waals surface area contributed by atoms with Crippen LogP contribution < -0.4 is 19.1 Å². The fraction of sp³-hybridized carbons (Fsp3) is 0.381. The van der Waals surface area contributed by atoms with E-state index in [1.165, 1.54) is 0 Å². The molecule has 4 rings (SSSR count). The highest BCUT2D eigenvalue weighted by Gasteiger charge is 2.36. The Bertz CT molecular complexity index is 1270. The number of sulfonamides is 1. The number of methoxy groups -OCH3 is 1. The molecular formula is C21H24N2O5S2. The first-order chi connectivity index (χ1) is 14.1. The molecule has 0 aliphatic carbocycles. The van der Waals surface area contributed by atoms with E-state index >= 15 is 0 Å². The Morgan fingerprint density at radius 1 is 1.27 bits per heavy atom. The zero-order chi connectivity index (χ0) is 21.7. The van der Waals surface area contributed by atoms with E-state index in [4.69, 9.17) is 9.47 Å². The van der Waals surface area contributed by atoms with Gasteiger partial charge < -0.3 is 9.47 Å². The zero-order valence-electron chi connectivity index (χ0n) is 17.3. The van der Waals surface area contributed by atoms with Crippen LogP contribution in [0.15, 0.2) is 46.1 Å². The van der Waals surface area contributed by atoms with Gasteiger partial charge in [0.1, 0.15) is 17.1 Å². The van der Waals surface area contributed by atoms with E-state index in [1.807, 2.05) is 26.8 Å². The average molecular weight is 449 g/mol. The van der Waals surface area contributed by atoms with E-state index in [-0.39, 0.29) is 9.77 Å². The third-order valence-electron chi connectivity index (χ3n) is 5.24. The van der Waals surface area contributed by atoms with Crippen LogP contribution in [-0.2, 0) is 16.6 Å². The largest absolute Gasteiger partial charge is 0.497 e. The number of hydrogen-bond acceptors (Lipinski definition) is 6. The SMILES string of the molecule is CCn1c(=O)sc2cc(S(=O)(=O)N[C@@H]3CC(C)(C)Oc4cc(OC)ccc43)ccc21. The molecule has 160 valence electrons. The van der Waals surface area contributed by atoms with Gasteiger partial charge in [-0.05, 0) is 45.0 Å². The van der Waals surface area contributed by atoms with Crippen molar-refractivity contribution in [2.24, 2.45) is 0 Å². The van der Waals surface area contributed by atoms with E-state index in [1.54, 1.807) is 42.0 Å². The van der Waals surface area contributed by atoms with Gasteiger partial charge in [0, 0.05) is 24.6 Å². The number of aromatic nitrogens is 1. The van der Waals surface area contributed by atoms with Crippen LogP contribution in [0.25, 0.3) is 10.2 Å².